The van der Waals surface area contributed by atoms with Gasteiger partial charge in [0.2, 0.25) is 0 Å². The van der Waals surface area contributed by atoms with E-state index in [0.29, 0.717) is 15.7 Å². The number of hydrogen-bond acceptors (Lipinski definition) is 8. The van der Waals surface area contributed by atoms with Crippen molar-refractivity contribution in [2.45, 2.75) is 17.0 Å². The second-order valence-corrected chi connectivity index (χ2v) is 8.38. The highest BCUT2D eigenvalue weighted by Gasteiger charge is 2.20. The van der Waals surface area contributed by atoms with Gasteiger partial charge in [0.15, 0.2) is 5.16 Å². The van der Waals surface area contributed by atoms with E-state index in [9.17, 15) is 14.9 Å². The molecule has 4 aromatic rings. The van der Waals surface area contributed by atoms with Crippen LogP contribution in [0.1, 0.15) is 15.4 Å². The van der Waals surface area contributed by atoms with Gasteiger partial charge in [-0.05, 0) is 49.0 Å². The van der Waals surface area contributed by atoms with Crippen LogP contribution in [0.15, 0.2) is 52.8 Å². The van der Waals surface area contributed by atoms with Crippen LogP contribution < -0.4 is 5.32 Å². The lowest BCUT2D eigenvalue weighted by Crippen LogP contribution is -2.12. The maximum Gasteiger partial charge on any atom is 0.284 e. The molecule has 0 unspecified atom stereocenters. The highest BCUT2D eigenvalue weighted by Crippen LogP contribution is 2.34. The van der Waals surface area contributed by atoms with Gasteiger partial charge in [0, 0.05) is 24.4 Å². The standard InChI is InChI=1S/C18H14N6O3S2/c1-10-20-13-5-4-12(8-16(13)28-10)21-17(25)11-3-6-15(14(7-11)24(26)27)29-18-22-19-9-23(18)2/h3-9H,1-2H3,(H,21,25). The Morgan fingerprint density at radius 2 is 2.10 bits per heavy atom. The van der Waals surface area contributed by atoms with Crippen LogP contribution in [0, 0.1) is 17.0 Å². The van der Waals surface area contributed by atoms with Gasteiger partial charge in [-0.15, -0.1) is 21.5 Å². The first-order valence-electron chi connectivity index (χ1n) is 8.39. The van der Waals surface area contributed by atoms with Gasteiger partial charge in [-0.3, -0.25) is 14.9 Å². The third-order valence-corrected chi connectivity index (χ3v) is 6.09. The number of hydrogen-bond donors (Lipinski definition) is 1. The Balaban J connectivity index is 1.59. The topological polar surface area (TPSA) is 116 Å². The van der Waals surface area contributed by atoms with E-state index < -0.39 is 10.8 Å². The van der Waals surface area contributed by atoms with Gasteiger partial charge in [0.1, 0.15) is 6.33 Å². The summed E-state index contributed by atoms with van der Waals surface area (Å²) in [5.41, 5.74) is 1.50. The summed E-state index contributed by atoms with van der Waals surface area (Å²) in [6, 6.07) is 9.79. The van der Waals surface area contributed by atoms with Gasteiger partial charge in [0.05, 0.1) is 25.0 Å². The van der Waals surface area contributed by atoms with Crippen LogP contribution in [0.2, 0.25) is 0 Å². The molecule has 0 spiro atoms. The number of aryl methyl sites for hydroxylation is 2. The van der Waals surface area contributed by atoms with Crippen LogP contribution in [-0.4, -0.2) is 30.6 Å². The first kappa shape index (κ1) is 19.0. The molecule has 0 saturated heterocycles. The Bertz CT molecular complexity index is 1250. The van der Waals surface area contributed by atoms with Crippen LogP contribution in [0.3, 0.4) is 0 Å². The van der Waals surface area contributed by atoms with Gasteiger partial charge in [-0.1, -0.05) is 0 Å². The first-order valence-corrected chi connectivity index (χ1v) is 10.0. The van der Waals surface area contributed by atoms with E-state index in [1.54, 1.807) is 29.8 Å². The number of nitro benzene ring substituents is 1. The largest absolute Gasteiger partial charge is 0.322 e. The normalized spacial score (nSPS) is 11.0. The quantitative estimate of drug-likeness (QED) is 0.378. The monoisotopic (exact) mass is 426 g/mol. The summed E-state index contributed by atoms with van der Waals surface area (Å²) < 4.78 is 2.62. The second-order valence-electron chi connectivity index (χ2n) is 6.14. The Hall–Kier alpha value is -3.31. The molecule has 146 valence electrons. The molecule has 2 aromatic carbocycles. The van der Waals surface area contributed by atoms with E-state index >= 15 is 0 Å². The predicted molar refractivity (Wildman–Crippen MR) is 111 cm³/mol. The number of carbonyl (C=O) groups excluding carboxylic acids is 1. The summed E-state index contributed by atoms with van der Waals surface area (Å²) in [6.45, 7) is 1.92. The molecule has 2 aromatic heterocycles. The summed E-state index contributed by atoms with van der Waals surface area (Å²) in [6.07, 6.45) is 1.51. The molecule has 0 atom stereocenters. The number of thiazole rings is 1. The van der Waals surface area contributed by atoms with E-state index in [1.807, 2.05) is 19.1 Å². The number of nitrogens with one attached hydrogen (secondary N) is 1. The third-order valence-electron chi connectivity index (χ3n) is 4.04. The van der Waals surface area contributed by atoms with Crippen molar-refractivity contribution >= 4 is 50.6 Å². The van der Waals surface area contributed by atoms with Gasteiger partial charge in [-0.25, -0.2) is 4.98 Å². The molecule has 4 rings (SSSR count). The maximum absolute atomic E-state index is 12.6. The van der Waals surface area contributed by atoms with Gasteiger partial charge < -0.3 is 9.88 Å². The van der Waals surface area contributed by atoms with Crippen molar-refractivity contribution in [3.63, 3.8) is 0 Å². The minimum Gasteiger partial charge on any atom is -0.322 e. The SMILES string of the molecule is Cc1nc2ccc(NC(=O)c3ccc(Sc4nncn4C)c([N+](=O)[O-])c3)cc2s1. The van der Waals surface area contributed by atoms with Gasteiger partial charge in [-0.2, -0.15) is 0 Å². The lowest BCUT2D eigenvalue weighted by Gasteiger charge is -2.07. The van der Waals surface area contributed by atoms with Crippen molar-refractivity contribution in [2.75, 3.05) is 5.32 Å². The number of rotatable bonds is 5. The summed E-state index contributed by atoms with van der Waals surface area (Å²) in [4.78, 5) is 28.4. The van der Waals surface area contributed by atoms with E-state index in [-0.39, 0.29) is 11.3 Å². The molecule has 0 radical (unpaired) electrons. The summed E-state index contributed by atoms with van der Waals surface area (Å²) in [7, 11) is 1.75. The summed E-state index contributed by atoms with van der Waals surface area (Å²) >= 11 is 2.65. The van der Waals surface area contributed by atoms with E-state index in [1.165, 1.54) is 23.7 Å². The number of benzene rings is 2. The molecule has 1 N–H and O–H groups in total. The minimum atomic E-state index is -0.512. The molecular formula is C18H14N6O3S2. The highest BCUT2D eigenvalue weighted by atomic mass is 32.2. The molecule has 0 saturated carbocycles. The Morgan fingerprint density at radius 3 is 2.83 bits per heavy atom. The van der Waals surface area contributed by atoms with Crippen molar-refractivity contribution in [1.82, 2.24) is 19.7 Å². The molecule has 1 amide bonds. The maximum atomic E-state index is 12.6. The molecule has 0 aliphatic heterocycles. The number of nitro groups is 1. The zero-order valence-corrected chi connectivity index (χ0v) is 17.0. The third kappa shape index (κ3) is 3.96. The van der Waals surface area contributed by atoms with Crippen LogP contribution >= 0.6 is 23.1 Å². The fourth-order valence-electron chi connectivity index (χ4n) is 2.67. The lowest BCUT2D eigenvalue weighted by molar-refractivity contribution is -0.387. The molecule has 0 aliphatic rings. The molecule has 0 aliphatic carbocycles. The fraction of sp³-hybridized carbons (Fsp3) is 0.111. The zero-order chi connectivity index (χ0) is 20.5. The predicted octanol–water partition coefficient (Wildman–Crippen LogP) is 4.04. The average Bonchev–Trinajstić information content (AvgIpc) is 3.25. The molecule has 9 nitrogen and oxygen atoms in total. The molecule has 11 heteroatoms. The fourth-order valence-corrected chi connectivity index (χ4v) is 4.39. The van der Waals surface area contributed by atoms with Crippen LogP contribution in [0.5, 0.6) is 0 Å². The molecule has 0 fully saturated rings. The van der Waals surface area contributed by atoms with Gasteiger partial charge in [0.25, 0.3) is 11.6 Å². The Labute approximate surface area is 172 Å². The van der Waals surface area contributed by atoms with Crippen molar-refractivity contribution in [2.24, 2.45) is 7.05 Å². The van der Waals surface area contributed by atoms with Gasteiger partial charge >= 0.3 is 0 Å². The molecule has 0 bridgehead atoms. The van der Waals surface area contributed by atoms with Crippen molar-refractivity contribution in [3.05, 3.63) is 63.4 Å². The number of carbonyl (C=O) groups is 1. The Kier molecular flexibility index (Phi) is 4.99. The molecule has 29 heavy (non-hydrogen) atoms. The van der Waals surface area contributed by atoms with Crippen LogP contribution in [0.4, 0.5) is 11.4 Å². The van der Waals surface area contributed by atoms with Crippen LogP contribution in [-0.2, 0) is 7.05 Å². The highest BCUT2D eigenvalue weighted by molar-refractivity contribution is 7.99. The summed E-state index contributed by atoms with van der Waals surface area (Å²) in [5, 5.41) is 23.4. The zero-order valence-electron chi connectivity index (χ0n) is 15.3. The number of aromatic nitrogens is 4. The number of amides is 1. The van der Waals surface area contributed by atoms with E-state index in [0.717, 1.165) is 27.0 Å². The number of nitrogens with zero attached hydrogens (tertiary/aromatic N) is 5. The van der Waals surface area contributed by atoms with Crippen molar-refractivity contribution in [3.8, 4) is 0 Å². The van der Waals surface area contributed by atoms with E-state index in [4.69, 9.17) is 0 Å². The number of anilines is 1. The van der Waals surface area contributed by atoms with Crippen molar-refractivity contribution < 1.29 is 9.72 Å². The van der Waals surface area contributed by atoms with Crippen molar-refractivity contribution in [1.29, 1.82) is 0 Å². The van der Waals surface area contributed by atoms with Crippen LogP contribution in [0.25, 0.3) is 10.2 Å². The first-order chi connectivity index (χ1) is 13.9. The minimum absolute atomic E-state index is 0.167. The average molecular weight is 426 g/mol. The lowest BCUT2D eigenvalue weighted by atomic mass is 10.2. The van der Waals surface area contributed by atoms with E-state index in [2.05, 4.69) is 20.5 Å². The second kappa shape index (κ2) is 7.60. The number of fused-ring (bicyclic) bond motifs is 1. The Morgan fingerprint density at radius 1 is 1.28 bits per heavy atom. The molecular weight excluding hydrogens is 412 g/mol. The molecule has 2 heterocycles. The smallest absolute Gasteiger partial charge is 0.284 e. The summed E-state index contributed by atoms with van der Waals surface area (Å²) in [5.74, 6) is -0.427.